The molecular weight excluding hydrogens is 490 g/mol. The Kier molecular flexibility index (Phi) is 5.11. The van der Waals surface area contributed by atoms with Crippen LogP contribution in [0.2, 0.25) is 0 Å². The first-order valence-electron chi connectivity index (χ1n) is 9.25. The second-order valence-corrected chi connectivity index (χ2v) is 8.71. The van der Waals surface area contributed by atoms with Gasteiger partial charge in [-0.25, -0.2) is 18.7 Å². The Morgan fingerprint density at radius 1 is 1.26 bits per heavy atom. The van der Waals surface area contributed by atoms with E-state index in [0.29, 0.717) is 16.4 Å². The molecular formula is C21H13BrF2N4O2S. The number of imidazole rings is 1. The Bertz CT molecular complexity index is 1330. The van der Waals surface area contributed by atoms with Crippen LogP contribution in [0, 0.1) is 11.6 Å². The number of hydrogen-bond donors (Lipinski definition) is 0. The van der Waals surface area contributed by atoms with Crippen LogP contribution in [0.25, 0.3) is 11.0 Å². The molecule has 2 aromatic heterocycles. The van der Waals surface area contributed by atoms with E-state index in [1.807, 2.05) is 18.2 Å². The van der Waals surface area contributed by atoms with Gasteiger partial charge >= 0.3 is 0 Å². The minimum absolute atomic E-state index is 0.0944. The van der Waals surface area contributed by atoms with Crippen molar-refractivity contribution >= 4 is 49.8 Å². The number of oxime groups is 1. The maximum atomic E-state index is 14.0. The van der Waals surface area contributed by atoms with Gasteiger partial charge in [0.05, 0.1) is 35.2 Å². The Hall–Kier alpha value is -2.98. The van der Waals surface area contributed by atoms with Crippen LogP contribution in [0.5, 0.6) is 0 Å². The summed E-state index contributed by atoms with van der Waals surface area (Å²) >= 11 is 4.59. The van der Waals surface area contributed by atoms with Crippen molar-refractivity contribution in [3.05, 3.63) is 80.5 Å². The highest BCUT2D eigenvalue weighted by molar-refractivity contribution is 9.10. The molecule has 0 N–H and O–H groups in total. The van der Waals surface area contributed by atoms with Crippen molar-refractivity contribution < 1.29 is 18.4 Å². The molecule has 0 aliphatic carbocycles. The molecule has 0 radical (unpaired) electrons. The minimum atomic E-state index is -0.867. The molecule has 0 fully saturated rings. The molecule has 1 unspecified atom stereocenters. The Morgan fingerprint density at radius 2 is 2.06 bits per heavy atom. The summed E-state index contributed by atoms with van der Waals surface area (Å²) in [6.07, 6.45) is 0.913. The van der Waals surface area contributed by atoms with Crippen LogP contribution in [-0.4, -0.2) is 26.0 Å². The number of benzene rings is 2. The van der Waals surface area contributed by atoms with Crippen molar-refractivity contribution in [2.75, 3.05) is 0 Å². The quantitative estimate of drug-likeness (QED) is 0.348. The van der Waals surface area contributed by atoms with Crippen LogP contribution in [0.15, 0.2) is 57.7 Å². The molecule has 0 saturated heterocycles. The lowest BCUT2D eigenvalue weighted by Gasteiger charge is -2.10. The summed E-state index contributed by atoms with van der Waals surface area (Å²) in [5.41, 5.74) is 2.38. The zero-order valence-electron chi connectivity index (χ0n) is 15.8. The van der Waals surface area contributed by atoms with E-state index < -0.39 is 17.7 Å². The highest BCUT2D eigenvalue weighted by Gasteiger charge is 2.30. The third kappa shape index (κ3) is 3.77. The molecule has 10 heteroatoms. The number of carbonyl (C=O) groups is 1. The van der Waals surface area contributed by atoms with Crippen molar-refractivity contribution in [3.8, 4) is 0 Å². The Balaban J connectivity index is 1.31. The highest BCUT2D eigenvalue weighted by atomic mass is 79.9. The van der Waals surface area contributed by atoms with Crippen molar-refractivity contribution in [1.29, 1.82) is 0 Å². The number of nitrogens with zero attached hydrogens (tertiary/aromatic N) is 4. The molecule has 156 valence electrons. The Labute approximate surface area is 187 Å². The summed E-state index contributed by atoms with van der Waals surface area (Å²) < 4.78 is 30.7. The standard InChI is InChI=1S/C21H13BrF2N4O2S/c22-11-4-5-17-15(6-11)25-10-28(17)8-18(29)21-26-16(9-31-21)14-7-19(30-27-14)20-12(23)2-1-3-13(20)24/h1-6,9-10,19H,7-8H2. The number of fused-ring (bicyclic) bond motifs is 1. The maximum Gasteiger partial charge on any atom is 0.211 e. The van der Waals surface area contributed by atoms with Gasteiger partial charge < -0.3 is 9.40 Å². The summed E-state index contributed by atoms with van der Waals surface area (Å²) in [4.78, 5) is 26.7. The predicted molar refractivity (Wildman–Crippen MR) is 115 cm³/mol. The second kappa shape index (κ2) is 7.93. The maximum absolute atomic E-state index is 14.0. The van der Waals surface area contributed by atoms with E-state index in [9.17, 15) is 13.6 Å². The van der Waals surface area contributed by atoms with E-state index in [0.717, 1.165) is 15.5 Å². The van der Waals surface area contributed by atoms with Crippen molar-refractivity contribution in [2.45, 2.75) is 19.1 Å². The molecule has 1 atom stereocenters. The van der Waals surface area contributed by atoms with Crippen LogP contribution in [-0.2, 0) is 11.4 Å². The fraction of sp³-hybridized carbons (Fsp3) is 0.143. The molecule has 4 aromatic rings. The monoisotopic (exact) mass is 502 g/mol. The third-order valence-electron chi connectivity index (χ3n) is 4.93. The third-order valence-corrected chi connectivity index (χ3v) is 6.30. The van der Waals surface area contributed by atoms with E-state index in [1.54, 1.807) is 16.3 Å². The van der Waals surface area contributed by atoms with Crippen LogP contribution in [0.1, 0.15) is 33.6 Å². The molecule has 3 heterocycles. The van der Waals surface area contributed by atoms with Crippen LogP contribution >= 0.6 is 27.3 Å². The highest BCUT2D eigenvalue weighted by Crippen LogP contribution is 2.33. The van der Waals surface area contributed by atoms with Crippen molar-refractivity contribution in [3.63, 3.8) is 0 Å². The fourth-order valence-electron chi connectivity index (χ4n) is 3.42. The van der Waals surface area contributed by atoms with E-state index in [2.05, 4.69) is 31.1 Å². The van der Waals surface area contributed by atoms with Gasteiger partial charge in [-0.1, -0.05) is 27.2 Å². The fourth-order valence-corrected chi connectivity index (χ4v) is 4.53. The van der Waals surface area contributed by atoms with Gasteiger partial charge in [0.1, 0.15) is 17.3 Å². The molecule has 2 aromatic carbocycles. The van der Waals surface area contributed by atoms with Gasteiger partial charge in [-0.2, -0.15) is 0 Å². The molecule has 0 bridgehead atoms. The molecule has 0 spiro atoms. The number of halogens is 3. The number of carbonyl (C=O) groups excluding carboxylic acids is 1. The lowest BCUT2D eigenvalue weighted by molar-refractivity contribution is 0.0800. The van der Waals surface area contributed by atoms with E-state index in [4.69, 9.17) is 4.84 Å². The summed E-state index contributed by atoms with van der Waals surface area (Å²) in [5, 5.41) is 5.95. The zero-order chi connectivity index (χ0) is 21.5. The number of Topliss-reactive ketones (excluding diaryl/α,β-unsaturated/α-hetero) is 1. The first kappa shape index (κ1) is 20.0. The van der Waals surface area contributed by atoms with Gasteiger partial charge in [-0.3, -0.25) is 4.79 Å². The second-order valence-electron chi connectivity index (χ2n) is 6.94. The average molecular weight is 503 g/mol. The summed E-state index contributed by atoms with van der Waals surface area (Å²) in [7, 11) is 0. The van der Waals surface area contributed by atoms with Gasteiger partial charge in [0.15, 0.2) is 11.1 Å². The minimum Gasteiger partial charge on any atom is -0.387 e. The van der Waals surface area contributed by atoms with E-state index in [1.165, 1.54) is 29.5 Å². The number of hydrogen-bond acceptors (Lipinski definition) is 6. The van der Waals surface area contributed by atoms with Gasteiger partial charge in [-0.05, 0) is 30.3 Å². The van der Waals surface area contributed by atoms with E-state index in [-0.39, 0.29) is 24.3 Å². The van der Waals surface area contributed by atoms with Gasteiger partial charge in [-0.15, -0.1) is 11.3 Å². The average Bonchev–Trinajstić information content (AvgIpc) is 3.47. The molecule has 1 aliphatic heterocycles. The predicted octanol–water partition coefficient (Wildman–Crippen LogP) is 5.28. The summed E-state index contributed by atoms with van der Waals surface area (Å²) in [6, 6.07) is 9.31. The SMILES string of the molecule is O=C(Cn1cnc2cc(Br)ccc21)c1nc(C2=NOC(c3c(F)cccc3F)C2)cs1. The molecule has 6 nitrogen and oxygen atoms in total. The molecule has 0 saturated carbocycles. The topological polar surface area (TPSA) is 69.4 Å². The first-order chi connectivity index (χ1) is 15.0. The smallest absolute Gasteiger partial charge is 0.211 e. The van der Waals surface area contributed by atoms with Gasteiger partial charge in [0, 0.05) is 16.3 Å². The number of thiazole rings is 1. The first-order valence-corrected chi connectivity index (χ1v) is 10.9. The van der Waals surface area contributed by atoms with Crippen molar-refractivity contribution in [1.82, 2.24) is 14.5 Å². The van der Waals surface area contributed by atoms with Gasteiger partial charge in [0.2, 0.25) is 5.78 Å². The van der Waals surface area contributed by atoms with Crippen molar-refractivity contribution in [2.24, 2.45) is 5.16 Å². The van der Waals surface area contributed by atoms with Crippen LogP contribution in [0.4, 0.5) is 8.78 Å². The molecule has 5 rings (SSSR count). The molecule has 0 amide bonds. The molecule has 1 aliphatic rings. The van der Waals surface area contributed by atoms with Crippen LogP contribution < -0.4 is 0 Å². The van der Waals surface area contributed by atoms with E-state index >= 15 is 0 Å². The lowest BCUT2D eigenvalue weighted by Crippen LogP contribution is -2.10. The largest absolute Gasteiger partial charge is 0.387 e. The summed E-state index contributed by atoms with van der Waals surface area (Å²) in [5.74, 6) is -1.54. The lowest BCUT2D eigenvalue weighted by atomic mass is 10.0. The van der Waals surface area contributed by atoms with Gasteiger partial charge in [0.25, 0.3) is 0 Å². The Morgan fingerprint density at radius 3 is 2.87 bits per heavy atom. The summed E-state index contributed by atoms with van der Waals surface area (Å²) in [6.45, 7) is 0.0944. The van der Waals surface area contributed by atoms with Crippen LogP contribution in [0.3, 0.4) is 0 Å². The normalized spacial score (nSPS) is 15.8. The number of ketones is 1. The zero-order valence-corrected chi connectivity index (χ0v) is 18.2. The molecule has 31 heavy (non-hydrogen) atoms. The number of rotatable bonds is 5. The number of aromatic nitrogens is 3.